The zero-order valence-corrected chi connectivity index (χ0v) is 21.2. The number of carbonyl (C=O) groups is 1. The third-order valence-electron chi connectivity index (χ3n) is 7.09. The van der Waals surface area contributed by atoms with Gasteiger partial charge >= 0.3 is 0 Å². The number of imidazole rings is 1. The summed E-state index contributed by atoms with van der Waals surface area (Å²) >= 11 is 0. The number of piperidine rings is 1. The van der Waals surface area contributed by atoms with Gasteiger partial charge in [-0.05, 0) is 93.6 Å². The first-order chi connectivity index (χ1) is 17.4. The molecule has 1 saturated heterocycles. The van der Waals surface area contributed by atoms with Gasteiger partial charge in [-0.1, -0.05) is 17.7 Å². The summed E-state index contributed by atoms with van der Waals surface area (Å²) in [5.41, 5.74) is 7.12. The standard InChI is InChI=1S/C30H30N4O2/c1-19-15-20(2)28(21(3)16-19)30(35)33-14-6-5-7-27(33)29-32-25-17-22(18-31)8-13-26(25)34(29)23-9-11-24(36-4)12-10-23/h8-13,15-17,27H,5-7,14H2,1-4H3. The molecular weight excluding hydrogens is 448 g/mol. The first-order valence-corrected chi connectivity index (χ1v) is 12.4. The van der Waals surface area contributed by atoms with E-state index in [2.05, 4.69) is 29.7 Å². The second-order valence-corrected chi connectivity index (χ2v) is 9.60. The highest BCUT2D eigenvalue weighted by atomic mass is 16.5. The molecule has 0 radical (unpaired) electrons. The molecule has 1 aromatic heterocycles. The molecule has 182 valence electrons. The van der Waals surface area contributed by atoms with Gasteiger partial charge in [0.05, 0.1) is 35.8 Å². The number of likely N-dealkylation sites (tertiary alicyclic amines) is 1. The largest absolute Gasteiger partial charge is 0.497 e. The molecule has 0 saturated carbocycles. The molecule has 2 heterocycles. The van der Waals surface area contributed by atoms with Crippen LogP contribution in [0.1, 0.15) is 63.7 Å². The van der Waals surface area contributed by atoms with Crippen LogP contribution in [0.3, 0.4) is 0 Å². The van der Waals surface area contributed by atoms with Crippen LogP contribution >= 0.6 is 0 Å². The molecular formula is C30H30N4O2. The molecule has 5 rings (SSSR count). The zero-order valence-electron chi connectivity index (χ0n) is 21.2. The third-order valence-corrected chi connectivity index (χ3v) is 7.09. The van der Waals surface area contributed by atoms with Crippen LogP contribution in [0, 0.1) is 32.1 Å². The van der Waals surface area contributed by atoms with Crippen molar-refractivity contribution in [1.29, 1.82) is 5.26 Å². The summed E-state index contributed by atoms with van der Waals surface area (Å²) in [5, 5.41) is 9.46. The summed E-state index contributed by atoms with van der Waals surface area (Å²) < 4.78 is 7.49. The SMILES string of the molecule is COc1ccc(-n2c(C3CCCCN3C(=O)c3c(C)cc(C)cc3C)nc3cc(C#N)ccc32)cc1. The number of ether oxygens (including phenoxy) is 1. The number of benzene rings is 3. The highest BCUT2D eigenvalue weighted by Crippen LogP contribution is 2.36. The first kappa shape index (κ1) is 23.6. The van der Waals surface area contributed by atoms with Gasteiger partial charge in [0.15, 0.2) is 0 Å². The second-order valence-electron chi connectivity index (χ2n) is 9.60. The molecule has 1 unspecified atom stereocenters. The van der Waals surface area contributed by atoms with Gasteiger partial charge < -0.3 is 9.64 Å². The van der Waals surface area contributed by atoms with Crippen molar-refractivity contribution in [2.45, 2.75) is 46.1 Å². The minimum absolute atomic E-state index is 0.0563. The van der Waals surface area contributed by atoms with Crippen LogP contribution in [-0.2, 0) is 0 Å². The number of amides is 1. The van der Waals surface area contributed by atoms with E-state index in [1.807, 2.05) is 61.2 Å². The smallest absolute Gasteiger partial charge is 0.255 e. The Hall–Kier alpha value is -4.11. The van der Waals surface area contributed by atoms with Crippen LogP contribution in [0.25, 0.3) is 16.7 Å². The zero-order chi connectivity index (χ0) is 25.4. The predicted octanol–water partition coefficient (Wildman–Crippen LogP) is 6.20. The minimum Gasteiger partial charge on any atom is -0.497 e. The van der Waals surface area contributed by atoms with Gasteiger partial charge in [-0.25, -0.2) is 4.98 Å². The van der Waals surface area contributed by atoms with Crippen LogP contribution in [-0.4, -0.2) is 34.0 Å². The summed E-state index contributed by atoms with van der Waals surface area (Å²) in [7, 11) is 1.65. The number of carbonyl (C=O) groups excluding carboxylic acids is 1. The van der Waals surface area contributed by atoms with Gasteiger partial charge in [0.25, 0.3) is 5.91 Å². The molecule has 4 aromatic rings. The van der Waals surface area contributed by atoms with Crippen LogP contribution in [0.4, 0.5) is 0 Å². The van der Waals surface area contributed by atoms with Gasteiger partial charge in [0.2, 0.25) is 0 Å². The molecule has 3 aromatic carbocycles. The maximum Gasteiger partial charge on any atom is 0.255 e. The monoisotopic (exact) mass is 478 g/mol. The fraction of sp³-hybridized carbons (Fsp3) is 0.300. The average molecular weight is 479 g/mol. The predicted molar refractivity (Wildman–Crippen MR) is 141 cm³/mol. The number of aryl methyl sites for hydroxylation is 3. The number of nitriles is 1. The second kappa shape index (κ2) is 9.50. The quantitative estimate of drug-likeness (QED) is 0.350. The lowest BCUT2D eigenvalue weighted by molar-refractivity contribution is 0.0597. The van der Waals surface area contributed by atoms with E-state index in [9.17, 15) is 10.1 Å². The molecule has 6 nitrogen and oxygen atoms in total. The van der Waals surface area contributed by atoms with Gasteiger partial charge in [0.1, 0.15) is 11.6 Å². The van der Waals surface area contributed by atoms with Gasteiger partial charge in [-0.15, -0.1) is 0 Å². The van der Waals surface area contributed by atoms with Crippen molar-refractivity contribution in [2.75, 3.05) is 13.7 Å². The molecule has 0 aliphatic carbocycles. The van der Waals surface area contributed by atoms with E-state index in [-0.39, 0.29) is 11.9 Å². The molecule has 1 amide bonds. The topological polar surface area (TPSA) is 71.2 Å². The Morgan fingerprint density at radius 1 is 1.03 bits per heavy atom. The van der Waals surface area contributed by atoms with Crippen LogP contribution in [0.15, 0.2) is 54.6 Å². The number of fused-ring (bicyclic) bond motifs is 1. The van der Waals surface area contributed by atoms with E-state index >= 15 is 0 Å². The molecule has 0 spiro atoms. The highest BCUT2D eigenvalue weighted by molar-refractivity contribution is 5.97. The van der Waals surface area contributed by atoms with Crippen molar-refractivity contribution in [1.82, 2.24) is 14.5 Å². The van der Waals surface area contributed by atoms with Crippen LogP contribution in [0.2, 0.25) is 0 Å². The van der Waals surface area contributed by atoms with Crippen LogP contribution < -0.4 is 4.74 Å². The molecule has 6 heteroatoms. The molecule has 36 heavy (non-hydrogen) atoms. The Balaban J connectivity index is 1.67. The highest BCUT2D eigenvalue weighted by Gasteiger charge is 2.34. The first-order valence-electron chi connectivity index (χ1n) is 12.4. The Labute approximate surface area is 211 Å². The van der Waals surface area contributed by atoms with E-state index in [4.69, 9.17) is 9.72 Å². The maximum atomic E-state index is 14.0. The van der Waals surface area contributed by atoms with Crippen molar-refractivity contribution in [3.05, 3.63) is 88.2 Å². The lowest BCUT2D eigenvalue weighted by Crippen LogP contribution is -2.40. The Morgan fingerprint density at radius 2 is 1.75 bits per heavy atom. The fourth-order valence-corrected chi connectivity index (χ4v) is 5.50. The third kappa shape index (κ3) is 4.11. The summed E-state index contributed by atoms with van der Waals surface area (Å²) in [5.74, 6) is 1.65. The van der Waals surface area contributed by atoms with Gasteiger partial charge in [-0.3, -0.25) is 9.36 Å². The normalized spacial score (nSPS) is 15.6. The van der Waals surface area contributed by atoms with E-state index in [1.54, 1.807) is 7.11 Å². The molecule has 1 aliphatic heterocycles. The van der Waals surface area contributed by atoms with Crippen molar-refractivity contribution < 1.29 is 9.53 Å². The number of hydrogen-bond donors (Lipinski definition) is 0. The average Bonchev–Trinajstić information content (AvgIpc) is 3.26. The number of nitrogens with zero attached hydrogens (tertiary/aromatic N) is 4. The molecule has 0 bridgehead atoms. The van der Waals surface area contributed by atoms with E-state index in [0.717, 1.165) is 69.8 Å². The van der Waals surface area contributed by atoms with Crippen molar-refractivity contribution >= 4 is 16.9 Å². The van der Waals surface area contributed by atoms with Gasteiger partial charge in [0, 0.05) is 17.8 Å². The lowest BCUT2D eigenvalue weighted by atomic mass is 9.95. The molecule has 1 aliphatic rings. The summed E-state index contributed by atoms with van der Waals surface area (Å²) in [6, 6.07) is 19.6. The molecule has 0 N–H and O–H groups in total. The summed E-state index contributed by atoms with van der Waals surface area (Å²) in [6.45, 7) is 6.78. The minimum atomic E-state index is -0.175. The number of hydrogen-bond acceptors (Lipinski definition) is 4. The summed E-state index contributed by atoms with van der Waals surface area (Å²) in [4.78, 5) is 21.0. The fourth-order valence-electron chi connectivity index (χ4n) is 5.50. The maximum absolute atomic E-state index is 14.0. The Kier molecular flexibility index (Phi) is 6.24. The number of methoxy groups -OCH3 is 1. The van der Waals surface area contributed by atoms with Crippen molar-refractivity contribution in [3.8, 4) is 17.5 Å². The Bertz CT molecular complexity index is 1470. The van der Waals surface area contributed by atoms with E-state index < -0.39 is 0 Å². The summed E-state index contributed by atoms with van der Waals surface area (Å²) in [6.07, 6.45) is 2.82. The van der Waals surface area contributed by atoms with E-state index in [1.165, 1.54) is 0 Å². The number of aromatic nitrogens is 2. The van der Waals surface area contributed by atoms with E-state index in [0.29, 0.717) is 12.1 Å². The van der Waals surface area contributed by atoms with Crippen molar-refractivity contribution in [2.24, 2.45) is 0 Å². The number of rotatable bonds is 4. The molecule has 1 fully saturated rings. The lowest BCUT2D eigenvalue weighted by Gasteiger charge is -2.36. The van der Waals surface area contributed by atoms with Gasteiger partial charge in [-0.2, -0.15) is 5.26 Å². The van der Waals surface area contributed by atoms with Crippen molar-refractivity contribution in [3.63, 3.8) is 0 Å². The Morgan fingerprint density at radius 3 is 2.42 bits per heavy atom. The van der Waals surface area contributed by atoms with Crippen LogP contribution in [0.5, 0.6) is 5.75 Å². The molecule has 1 atom stereocenters.